The molecule has 2 heterocycles. The normalized spacial score (nSPS) is 28.0. The molecule has 2 aliphatic heterocycles. The van der Waals surface area contributed by atoms with Gasteiger partial charge in [0, 0.05) is 26.2 Å². The minimum atomic E-state index is -0.876. The number of rotatable bonds is 2. The quantitative estimate of drug-likeness (QED) is 0.838. The number of likely N-dealkylation sites (tertiary alicyclic amines) is 2. The molecule has 0 aliphatic carbocycles. The molecule has 2 saturated heterocycles. The lowest BCUT2D eigenvalue weighted by Gasteiger charge is -2.39. The average Bonchev–Trinajstić information content (AvgIpc) is 2.71. The minimum Gasteiger partial charge on any atom is -0.480 e. The van der Waals surface area contributed by atoms with Crippen molar-refractivity contribution in [1.29, 1.82) is 0 Å². The first kappa shape index (κ1) is 16.1. The SMILES string of the molecule is CN1CCCC(N(C)C(=O)N2CCCCCC2C(=O)O)C1. The van der Waals surface area contributed by atoms with Crippen LogP contribution in [-0.4, -0.2) is 77.6 Å². The Labute approximate surface area is 126 Å². The molecule has 2 atom stereocenters. The first-order chi connectivity index (χ1) is 10.0. The molecule has 0 spiro atoms. The van der Waals surface area contributed by atoms with Crippen molar-refractivity contribution in [3.05, 3.63) is 0 Å². The highest BCUT2D eigenvalue weighted by molar-refractivity contribution is 5.82. The number of carboxylic acid groups (broad SMARTS) is 1. The topological polar surface area (TPSA) is 64.1 Å². The van der Waals surface area contributed by atoms with Crippen LogP contribution in [0.4, 0.5) is 4.79 Å². The molecule has 21 heavy (non-hydrogen) atoms. The lowest BCUT2D eigenvalue weighted by atomic mass is 10.1. The molecular formula is C15H27N3O3. The summed E-state index contributed by atoms with van der Waals surface area (Å²) < 4.78 is 0. The van der Waals surface area contributed by atoms with Crippen LogP contribution < -0.4 is 0 Å². The van der Waals surface area contributed by atoms with Crippen molar-refractivity contribution in [2.75, 3.05) is 33.7 Å². The number of hydrogen-bond donors (Lipinski definition) is 1. The Morgan fingerprint density at radius 1 is 1.10 bits per heavy atom. The number of likely N-dealkylation sites (N-methyl/N-ethyl adjacent to an activating group) is 2. The van der Waals surface area contributed by atoms with Gasteiger partial charge < -0.3 is 19.8 Å². The van der Waals surface area contributed by atoms with Gasteiger partial charge in [-0.2, -0.15) is 0 Å². The van der Waals surface area contributed by atoms with Gasteiger partial charge in [-0.3, -0.25) is 0 Å². The van der Waals surface area contributed by atoms with E-state index in [1.807, 2.05) is 7.05 Å². The van der Waals surface area contributed by atoms with Gasteiger partial charge in [0.2, 0.25) is 0 Å². The minimum absolute atomic E-state index is 0.121. The van der Waals surface area contributed by atoms with E-state index in [1.54, 1.807) is 9.80 Å². The molecule has 0 radical (unpaired) electrons. The molecule has 2 fully saturated rings. The van der Waals surface area contributed by atoms with Crippen LogP contribution in [0.15, 0.2) is 0 Å². The van der Waals surface area contributed by atoms with E-state index in [-0.39, 0.29) is 12.1 Å². The van der Waals surface area contributed by atoms with Crippen LogP contribution in [0.3, 0.4) is 0 Å². The van der Waals surface area contributed by atoms with Gasteiger partial charge in [0.1, 0.15) is 6.04 Å². The number of hydrogen-bond acceptors (Lipinski definition) is 3. The zero-order chi connectivity index (χ0) is 15.4. The first-order valence-electron chi connectivity index (χ1n) is 7.95. The van der Waals surface area contributed by atoms with E-state index in [9.17, 15) is 14.7 Å². The average molecular weight is 297 g/mol. The maximum absolute atomic E-state index is 12.7. The summed E-state index contributed by atoms with van der Waals surface area (Å²) in [5, 5.41) is 9.40. The van der Waals surface area contributed by atoms with Crippen molar-refractivity contribution in [3.63, 3.8) is 0 Å². The Morgan fingerprint density at radius 3 is 2.52 bits per heavy atom. The fourth-order valence-electron chi connectivity index (χ4n) is 3.41. The molecule has 2 amide bonds. The van der Waals surface area contributed by atoms with E-state index in [2.05, 4.69) is 11.9 Å². The Hall–Kier alpha value is -1.30. The third kappa shape index (κ3) is 3.87. The molecule has 0 saturated carbocycles. The number of amides is 2. The van der Waals surface area contributed by atoms with Crippen molar-refractivity contribution >= 4 is 12.0 Å². The van der Waals surface area contributed by atoms with Gasteiger partial charge in [-0.25, -0.2) is 9.59 Å². The number of urea groups is 1. The Bertz CT molecular complexity index is 388. The molecular weight excluding hydrogens is 270 g/mol. The summed E-state index contributed by atoms with van der Waals surface area (Å²) >= 11 is 0. The van der Waals surface area contributed by atoms with Crippen molar-refractivity contribution in [2.45, 2.75) is 50.6 Å². The van der Waals surface area contributed by atoms with E-state index in [4.69, 9.17) is 0 Å². The van der Waals surface area contributed by atoms with Gasteiger partial charge in [0.15, 0.2) is 0 Å². The maximum atomic E-state index is 12.7. The second-order valence-corrected chi connectivity index (χ2v) is 6.35. The number of carbonyl (C=O) groups excluding carboxylic acids is 1. The zero-order valence-corrected chi connectivity index (χ0v) is 13.1. The molecule has 120 valence electrons. The van der Waals surface area contributed by atoms with Crippen LogP contribution in [0.25, 0.3) is 0 Å². The van der Waals surface area contributed by atoms with Crippen molar-refractivity contribution in [2.24, 2.45) is 0 Å². The van der Waals surface area contributed by atoms with Gasteiger partial charge in [-0.05, 0) is 39.3 Å². The van der Waals surface area contributed by atoms with Crippen LogP contribution in [0.1, 0.15) is 38.5 Å². The summed E-state index contributed by atoms with van der Waals surface area (Å²) in [5.41, 5.74) is 0. The molecule has 2 unspecified atom stereocenters. The van der Waals surface area contributed by atoms with Gasteiger partial charge in [0.05, 0.1) is 0 Å². The van der Waals surface area contributed by atoms with Crippen LogP contribution in [0.2, 0.25) is 0 Å². The van der Waals surface area contributed by atoms with E-state index < -0.39 is 12.0 Å². The smallest absolute Gasteiger partial charge is 0.326 e. The van der Waals surface area contributed by atoms with Crippen molar-refractivity contribution in [1.82, 2.24) is 14.7 Å². The monoisotopic (exact) mass is 297 g/mol. The predicted molar refractivity (Wildman–Crippen MR) is 80.3 cm³/mol. The highest BCUT2D eigenvalue weighted by atomic mass is 16.4. The van der Waals surface area contributed by atoms with E-state index in [0.29, 0.717) is 13.0 Å². The van der Waals surface area contributed by atoms with Gasteiger partial charge in [-0.15, -0.1) is 0 Å². The molecule has 2 aliphatic rings. The van der Waals surface area contributed by atoms with Gasteiger partial charge in [0.25, 0.3) is 0 Å². The third-order valence-corrected chi connectivity index (χ3v) is 4.73. The largest absolute Gasteiger partial charge is 0.480 e. The van der Waals surface area contributed by atoms with Crippen LogP contribution >= 0.6 is 0 Å². The fraction of sp³-hybridized carbons (Fsp3) is 0.867. The molecule has 6 heteroatoms. The van der Waals surface area contributed by atoms with E-state index in [1.165, 1.54) is 0 Å². The highest BCUT2D eigenvalue weighted by Crippen LogP contribution is 2.21. The fourth-order valence-corrected chi connectivity index (χ4v) is 3.41. The van der Waals surface area contributed by atoms with Crippen LogP contribution in [0, 0.1) is 0 Å². The summed E-state index contributed by atoms with van der Waals surface area (Å²) in [7, 11) is 3.88. The Morgan fingerprint density at radius 2 is 1.86 bits per heavy atom. The lowest BCUT2D eigenvalue weighted by Crippen LogP contribution is -2.55. The van der Waals surface area contributed by atoms with Gasteiger partial charge >= 0.3 is 12.0 Å². The van der Waals surface area contributed by atoms with E-state index in [0.717, 1.165) is 45.2 Å². The van der Waals surface area contributed by atoms with E-state index >= 15 is 0 Å². The van der Waals surface area contributed by atoms with Crippen molar-refractivity contribution < 1.29 is 14.7 Å². The van der Waals surface area contributed by atoms with Crippen LogP contribution in [0.5, 0.6) is 0 Å². The maximum Gasteiger partial charge on any atom is 0.326 e. The van der Waals surface area contributed by atoms with Crippen molar-refractivity contribution in [3.8, 4) is 0 Å². The molecule has 1 N–H and O–H groups in total. The lowest BCUT2D eigenvalue weighted by molar-refractivity contribution is -0.142. The molecule has 0 aromatic heterocycles. The number of aliphatic carboxylic acids is 1. The number of nitrogens with zero attached hydrogens (tertiary/aromatic N) is 3. The van der Waals surface area contributed by atoms with Gasteiger partial charge in [-0.1, -0.05) is 12.8 Å². The molecule has 0 aromatic rings. The molecule has 0 aromatic carbocycles. The second kappa shape index (κ2) is 7.11. The van der Waals surface area contributed by atoms with Crippen LogP contribution in [-0.2, 0) is 4.79 Å². The zero-order valence-electron chi connectivity index (χ0n) is 13.1. The summed E-state index contributed by atoms with van der Waals surface area (Å²) in [4.78, 5) is 29.8. The standard InChI is InChI=1S/C15H27N3O3/c1-16-9-6-7-12(11-16)17(2)15(21)18-10-5-3-4-8-13(18)14(19)20/h12-13H,3-11H2,1-2H3,(H,19,20). The second-order valence-electron chi connectivity index (χ2n) is 6.35. The number of carbonyl (C=O) groups is 2. The number of carboxylic acids is 1. The molecule has 2 rings (SSSR count). The summed E-state index contributed by atoms with van der Waals surface area (Å²) in [6.07, 6.45) is 5.44. The predicted octanol–water partition coefficient (Wildman–Crippen LogP) is 1.46. The molecule has 0 bridgehead atoms. The third-order valence-electron chi connectivity index (χ3n) is 4.73. The summed E-state index contributed by atoms with van der Waals surface area (Å²) in [5.74, 6) is -0.876. The summed E-state index contributed by atoms with van der Waals surface area (Å²) in [6, 6.07) is -0.595. The highest BCUT2D eigenvalue weighted by Gasteiger charge is 2.35. The summed E-state index contributed by atoms with van der Waals surface area (Å²) in [6.45, 7) is 2.50. The Balaban J connectivity index is 2.06. The number of piperidine rings is 1. The molecule has 6 nitrogen and oxygen atoms in total. The first-order valence-corrected chi connectivity index (χ1v) is 7.95. The Kier molecular flexibility index (Phi) is 5.45.